The van der Waals surface area contributed by atoms with Gasteiger partial charge in [0.2, 0.25) is 0 Å². The molecule has 1 aromatic heterocycles. The predicted octanol–water partition coefficient (Wildman–Crippen LogP) is 5.81. The number of carbonyl (C=O) groups excluding carboxylic acids is 1. The van der Waals surface area contributed by atoms with Crippen molar-refractivity contribution in [1.29, 1.82) is 5.26 Å². The zero-order valence-electron chi connectivity index (χ0n) is 25.8. The Morgan fingerprint density at radius 1 is 1.02 bits per heavy atom. The van der Waals surface area contributed by atoms with Crippen molar-refractivity contribution in [2.45, 2.75) is 40.3 Å². The fourth-order valence-electron chi connectivity index (χ4n) is 5.08. The smallest absolute Gasteiger partial charge is 0.338 e. The van der Waals surface area contributed by atoms with Crippen molar-refractivity contribution >= 4 is 39.3 Å². The van der Waals surface area contributed by atoms with Gasteiger partial charge in [-0.15, -0.1) is 0 Å². The first kappa shape index (κ1) is 32.7. The fourth-order valence-corrected chi connectivity index (χ4v) is 6.70. The van der Waals surface area contributed by atoms with Gasteiger partial charge >= 0.3 is 5.97 Å². The zero-order chi connectivity index (χ0) is 32.8. The second-order valence-electron chi connectivity index (χ2n) is 10.2. The van der Waals surface area contributed by atoms with Crippen LogP contribution in [0.1, 0.15) is 56.0 Å². The molecule has 2 heterocycles. The topological polar surface area (TPSA) is 112 Å². The molecule has 0 aliphatic carbocycles. The molecule has 0 bridgehead atoms. The van der Waals surface area contributed by atoms with Crippen molar-refractivity contribution in [1.82, 2.24) is 4.57 Å². The summed E-state index contributed by atoms with van der Waals surface area (Å²) in [6.45, 7) is 8.69. The molecule has 46 heavy (non-hydrogen) atoms. The minimum Gasteiger partial charge on any atom is -0.494 e. The summed E-state index contributed by atoms with van der Waals surface area (Å²) in [5, 5.41) is 9.06. The van der Waals surface area contributed by atoms with Crippen LogP contribution in [0.5, 0.6) is 17.2 Å². The maximum absolute atomic E-state index is 14.1. The molecule has 9 nitrogen and oxygen atoms in total. The van der Waals surface area contributed by atoms with E-state index in [0.717, 1.165) is 11.1 Å². The van der Waals surface area contributed by atoms with Crippen LogP contribution in [0.15, 0.2) is 86.2 Å². The van der Waals surface area contributed by atoms with Gasteiger partial charge in [0, 0.05) is 0 Å². The van der Waals surface area contributed by atoms with E-state index >= 15 is 0 Å². The molecule has 0 N–H and O–H groups in total. The van der Waals surface area contributed by atoms with Crippen LogP contribution in [0, 0.1) is 11.3 Å². The number of esters is 1. The highest BCUT2D eigenvalue weighted by atomic mass is 79.9. The number of halogens is 1. The van der Waals surface area contributed by atoms with Gasteiger partial charge in [-0.05, 0) is 103 Å². The second-order valence-corrected chi connectivity index (χ2v) is 12.0. The van der Waals surface area contributed by atoms with Crippen molar-refractivity contribution < 1.29 is 23.7 Å². The summed E-state index contributed by atoms with van der Waals surface area (Å²) in [6, 6.07) is 19.6. The van der Waals surface area contributed by atoms with Gasteiger partial charge < -0.3 is 18.9 Å². The van der Waals surface area contributed by atoms with E-state index in [1.807, 2.05) is 62.4 Å². The summed E-state index contributed by atoms with van der Waals surface area (Å²) in [7, 11) is 0. The molecule has 0 saturated carbocycles. The first-order chi connectivity index (χ1) is 22.3. The Bertz CT molecular complexity index is 2010. The summed E-state index contributed by atoms with van der Waals surface area (Å²) in [6.07, 6.45) is 1.78. The molecule has 0 saturated heterocycles. The average Bonchev–Trinajstić information content (AvgIpc) is 3.34. The third-order valence-electron chi connectivity index (χ3n) is 7.12. The van der Waals surface area contributed by atoms with Crippen molar-refractivity contribution in [2.75, 3.05) is 19.8 Å². The summed E-state index contributed by atoms with van der Waals surface area (Å²) in [4.78, 5) is 32.4. The second kappa shape index (κ2) is 14.6. The molecule has 0 unspecified atom stereocenters. The van der Waals surface area contributed by atoms with Gasteiger partial charge in [0.05, 0.1) is 57.8 Å². The highest BCUT2D eigenvalue weighted by Gasteiger charge is 2.33. The SMILES string of the molecule is CCOC(=O)C1=C(C)N=c2s/c(=C\c3cc(Br)c(OCc4ccc(C#N)cc4)c(OCC)c3)c(=O)n2[C@H]1c1ccc(OCC)cc1. The van der Waals surface area contributed by atoms with Crippen LogP contribution < -0.4 is 29.1 Å². The maximum Gasteiger partial charge on any atom is 0.338 e. The first-order valence-corrected chi connectivity index (χ1v) is 16.4. The van der Waals surface area contributed by atoms with Gasteiger partial charge in [0.15, 0.2) is 16.3 Å². The number of allylic oxidation sites excluding steroid dienone is 1. The van der Waals surface area contributed by atoms with E-state index in [4.69, 9.17) is 24.2 Å². The Morgan fingerprint density at radius 2 is 1.74 bits per heavy atom. The summed E-state index contributed by atoms with van der Waals surface area (Å²) < 4.78 is 25.7. The lowest BCUT2D eigenvalue weighted by molar-refractivity contribution is -0.139. The molecule has 0 fully saturated rings. The van der Waals surface area contributed by atoms with Gasteiger partial charge in [-0.3, -0.25) is 9.36 Å². The molecule has 3 aromatic carbocycles. The van der Waals surface area contributed by atoms with E-state index in [1.165, 1.54) is 11.3 Å². The van der Waals surface area contributed by atoms with Crippen molar-refractivity contribution in [3.63, 3.8) is 0 Å². The number of hydrogen-bond acceptors (Lipinski definition) is 9. The quantitative estimate of drug-likeness (QED) is 0.182. The van der Waals surface area contributed by atoms with Gasteiger partial charge in [-0.25, -0.2) is 9.79 Å². The molecule has 1 aliphatic rings. The van der Waals surface area contributed by atoms with E-state index < -0.39 is 12.0 Å². The molecular formula is C35H32BrN3O6S. The Hall–Kier alpha value is -4.66. The van der Waals surface area contributed by atoms with Crippen LogP contribution in [0.4, 0.5) is 0 Å². The maximum atomic E-state index is 14.1. The molecule has 0 spiro atoms. The van der Waals surface area contributed by atoms with E-state index in [-0.39, 0.29) is 18.8 Å². The number of ether oxygens (including phenoxy) is 4. The van der Waals surface area contributed by atoms with Crippen molar-refractivity contribution in [3.05, 3.63) is 118 Å². The van der Waals surface area contributed by atoms with Gasteiger partial charge in [-0.2, -0.15) is 5.26 Å². The monoisotopic (exact) mass is 701 g/mol. The number of nitrogens with zero attached hydrogens (tertiary/aromatic N) is 3. The average molecular weight is 703 g/mol. The zero-order valence-corrected chi connectivity index (χ0v) is 28.2. The molecule has 0 amide bonds. The van der Waals surface area contributed by atoms with Crippen LogP contribution in [0.25, 0.3) is 6.08 Å². The van der Waals surface area contributed by atoms with Crippen LogP contribution >= 0.6 is 27.3 Å². The van der Waals surface area contributed by atoms with E-state index in [2.05, 4.69) is 27.0 Å². The van der Waals surface area contributed by atoms with Crippen LogP contribution in [-0.2, 0) is 16.1 Å². The number of rotatable bonds is 11. The van der Waals surface area contributed by atoms with Crippen LogP contribution in [0.2, 0.25) is 0 Å². The third kappa shape index (κ3) is 6.93. The lowest BCUT2D eigenvalue weighted by Crippen LogP contribution is -2.39. The number of hydrogen-bond donors (Lipinski definition) is 0. The number of nitriles is 1. The lowest BCUT2D eigenvalue weighted by Gasteiger charge is -2.24. The third-order valence-corrected chi connectivity index (χ3v) is 8.69. The van der Waals surface area contributed by atoms with Gasteiger partial charge in [0.1, 0.15) is 12.4 Å². The Morgan fingerprint density at radius 3 is 2.39 bits per heavy atom. The number of benzene rings is 3. The Balaban J connectivity index is 1.56. The van der Waals surface area contributed by atoms with Crippen LogP contribution in [0.3, 0.4) is 0 Å². The minimum absolute atomic E-state index is 0.195. The Labute approximate surface area is 278 Å². The summed E-state index contributed by atoms with van der Waals surface area (Å²) in [5.41, 5.74) is 3.45. The molecule has 1 aliphatic heterocycles. The minimum atomic E-state index is -0.725. The van der Waals surface area contributed by atoms with Crippen molar-refractivity contribution in [3.8, 4) is 23.3 Å². The summed E-state index contributed by atoms with van der Waals surface area (Å²) >= 11 is 4.87. The molecule has 1 atom stereocenters. The van der Waals surface area contributed by atoms with E-state index in [9.17, 15) is 9.59 Å². The van der Waals surface area contributed by atoms with Gasteiger partial charge in [0.25, 0.3) is 5.56 Å². The van der Waals surface area contributed by atoms with Crippen LogP contribution in [-0.4, -0.2) is 30.4 Å². The molecule has 5 rings (SSSR count). The number of fused-ring (bicyclic) bond motifs is 1. The van der Waals surface area contributed by atoms with Crippen molar-refractivity contribution in [2.24, 2.45) is 4.99 Å². The first-order valence-electron chi connectivity index (χ1n) is 14.8. The molecule has 4 aromatic rings. The van der Waals surface area contributed by atoms with E-state index in [0.29, 0.717) is 66.7 Å². The fraction of sp³-hybridized carbons (Fsp3) is 0.257. The Kier molecular flexibility index (Phi) is 10.4. The predicted molar refractivity (Wildman–Crippen MR) is 179 cm³/mol. The molecule has 236 valence electrons. The largest absolute Gasteiger partial charge is 0.494 e. The lowest BCUT2D eigenvalue weighted by atomic mass is 9.96. The highest BCUT2D eigenvalue weighted by Crippen LogP contribution is 2.38. The summed E-state index contributed by atoms with van der Waals surface area (Å²) in [5.74, 6) is 1.21. The molecule has 11 heteroatoms. The number of thiazole rings is 1. The standard InChI is InChI=1S/C35H32BrN3O6S/c1-5-42-26-14-12-25(13-15-26)31-30(34(41)44-7-3)21(4)38-35-39(31)33(40)29(46-35)18-24-16-27(36)32(28(17-24)43-6-2)45-20-23-10-8-22(19-37)9-11-23/h8-18,31H,5-7,20H2,1-4H3/b29-18-/t31-/m0/s1. The molecular weight excluding hydrogens is 670 g/mol. The van der Waals surface area contributed by atoms with E-state index in [1.54, 1.807) is 36.6 Å². The molecule has 0 radical (unpaired) electrons. The normalized spacial score (nSPS) is 14.3. The van der Waals surface area contributed by atoms with Gasteiger partial charge in [-0.1, -0.05) is 35.6 Å². The number of aromatic nitrogens is 1. The number of carbonyl (C=O) groups is 1. The highest BCUT2D eigenvalue weighted by molar-refractivity contribution is 9.10.